The smallest absolute Gasteiger partial charge is 0.0508 e. The highest BCUT2D eigenvalue weighted by Gasteiger charge is 2.34. The summed E-state index contributed by atoms with van der Waals surface area (Å²) < 4.78 is 2.69. The van der Waals surface area contributed by atoms with Crippen molar-refractivity contribution in [3.8, 4) is 0 Å². The highest BCUT2D eigenvalue weighted by atomic mass is 15.2. The minimum Gasteiger partial charge on any atom is -0.342 e. The molecular formula is C33H42N2. The third-order valence-corrected chi connectivity index (χ3v) is 8.87. The molecule has 0 fully saturated rings. The van der Waals surface area contributed by atoms with Gasteiger partial charge in [0.1, 0.15) is 0 Å². The molecule has 2 aliphatic carbocycles. The van der Waals surface area contributed by atoms with Gasteiger partial charge in [0, 0.05) is 36.2 Å². The van der Waals surface area contributed by atoms with Crippen molar-refractivity contribution in [3.05, 3.63) is 77.0 Å². The summed E-state index contributed by atoms with van der Waals surface area (Å²) in [5, 5.41) is 1.55. The fourth-order valence-electron chi connectivity index (χ4n) is 7.05. The van der Waals surface area contributed by atoms with Gasteiger partial charge in [-0.15, -0.1) is 0 Å². The van der Waals surface area contributed by atoms with Crippen LogP contribution in [0.3, 0.4) is 0 Å². The zero-order chi connectivity index (χ0) is 23.5. The van der Waals surface area contributed by atoms with E-state index in [1.165, 1.54) is 100 Å². The molecule has 0 radical (unpaired) electrons. The van der Waals surface area contributed by atoms with Gasteiger partial charge >= 0.3 is 0 Å². The number of aromatic nitrogens is 1. The van der Waals surface area contributed by atoms with E-state index in [0.717, 1.165) is 19.6 Å². The van der Waals surface area contributed by atoms with E-state index >= 15 is 0 Å². The molecule has 0 bridgehead atoms. The summed E-state index contributed by atoms with van der Waals surface area (Å²) >= 11 is 0. The number of nitrogens with zero attached hydrogens (tertiary/aromatic N) is 2. The first-order chi connectivity index (χ1) is 17.4. The molecule has 0 saturated heterocycles. The maximum Gasteiger partial charge on any atom is 0.0508 e. The lowest BCUT2D eigenvalue weighted by Crippen LogP contribution is -2.39. The second-order valence-electron chi connectivity index (χ2n) is 11.2. The summed E-state index contributed by atoms with van der Waals surface area (Å²) in [5.41, 5.74) is 9.33. The Morgan fingerprint density at radius 1 is 0.743 bits per heavy atom. The molecule has 2 heteroatoms. The monoisotopic (exact) mass is 466 g/mol. The predicted molar refractivity (Wildman–Crippen MR) is 149 cm³/mol. The highest BCUT2D eigenvalue weighted by molar-refractivity contribution is 5.89. The average molecular weight is 467 g/mol. The number of hydrogen-bond donors (Lipinski definition) is 0. The molecule has 3 aliphatic rings. The van der Waals surface area contributed by atoms with Crippen molar-refractivity contribution in [3.63, 3.8) is 0 Å². The molecule has 1 aromatic heterocycles. The Balaban J connectivity index is 1.32. The molecular weight excluding hydrogens is 424 g/mol. The Morgan fingerprint density at radius 2 is 1.54 bits per heavy atom. The molecule has 1 atom stereocenters. The lowest BCUT2D eigenvalue weighted by atomic mass is 9.88. The van der Waals surface area contributed by atoms with Crippen LogP contribution in [0.2, 0.25) is 0 Å². The standard InChI is InChI=1S/C33H42N2/c1-2-4-6-11-16-27(17-12-7-5-3-1)28-20-21-31-30(24-28)29-18-13-19-32-33(29)35(31)23-22-34(32)25-26-14-9-8-10-15-26/h8-10,14-16,20-21,24,32H,1-7,11-13,17-19,22-23,25H2/b27-16+. The van der Waals surface area contributed by atoms with Crippen molar-refractivity contribution in [2.24, 2.45) is 0 Å². The summed E-state index contributed by atoms with van der Waals surface area (Å²) in [5.74, 6) is 0. The van der Waals surface area contributed by atoms with E-state index in [1.54, 1.807) is 22.2 Å². The molecule has 1 aliphatic heterocycles. The van der Waals surface area contributed by atoms with Gasteiger partial charge in [-0.2, -0.15) is 0 Å². The van der Waals surface area contributed by atoms with Crippen molar-refractivity contribution in [2.75, 3.05) is 6.54 Å². The van der Waals surface area contributed by atoms with E-state index in [1.807, 2.05) is 0 Å². The normalized spacial score (nSPS) is 23.7. The molecule has 3 aromatic rings. The van der Waals surface area contributed by atoms with E-state index in [2.05, 4.69) is 64.1 Å². The highest BCUT2D eigenvalue weighted by Crippen LogP contribution is 2.43. The molecule has 6 rings (SSSR count). The Hall–Kier alpha value is -2.32. The quantitative estimate of drug-likeness (QED) is 0.374. The van der Waals surface area contributed by atoms with Crippen LogP contribution in [-0.2, 0) is 19.5 Å². The van der Waals surface area contributed by atoms with Gasteiger partial charge in [0.15, 0.2) is 0 Å². The SMILES string of the molecule is C1=C(/c2ccc3c(c2)c2c4n3CCN(Cc3ccccc3)C4CCC2)CCCCCCCCCC/1. The third kappa shape index (κ3) is 4.87. The van der Waals surface area contributed by atoms with Gasteiger partial charge in [0.2, 0.25) is 0 Å². The van der Waals surface area contributed by atoms with Gasteiger partial charge in [-0.1, -0.05) is 81.0 Å². The van der Waals surface area contributed by atoms with E-state index in [0.29, 0.717) is 6.04 Å². The van der Waals surface area contributed by atoms with Crippen LogP contribution < -0.4 is 0 Å². The van der Waals surface area contributed by atoms with Gasteiger partial charge in [0.25, 0.3) is 0 Å². The average Bonchev–Trinajstić information content (AvgIpc) is 3.21. The molecule has 1 unspecified atom stereocenters. The van der Waals surface area contributed by atoms with Gasteiger partial charge in [0.05, 0.1) is 6.04 Å². The molecule has 2 heterocycles. The zero-order valence-electron chi connectivity index (χ0n) is 21.5. The Labute approximate surface area is 212 Å². The predicted octanol–water partition coefficient (Wildman–Crippen LogP) is 8.83. The molecule has 2 nitrogen and oxygen atoms in total. The summed E-state index contributed by atoms with van der Waals surface area (Å²) in [7, 11) is 0. The van der Waals surface area contributed by atoms with Crippen LogP contribution in [0.5, 0.6) is 0 Å². The van der Waals surface area contributed by atoms with Crippen LogP contribution in [0.15, 0.2) is 54.6 Å². The third-order valence-electron chi connectivity index (χ3n) is 8.87. The number of allylic oxidation sites excluding steroid dienone is 2. The van der Waals surface area contributed by atoms with Crippen LogP contribution in [0, 0.1) is 0 Å². The molecule has 0 amide bonds. The first-order valence-electron chi connectivity index (χ1n) is 14.5. The lowest BCUT2D eigenvalue weighted by molar-refractivity contribution is 0.133. The van der Waals surface area contributed by atoms with Crippen molar-refractivity contribution in [2.45, 2.75) is 103 Å². The maximum absolute atomic E-state index is 2.75. The zero-order valence-corrected chi connectivity index (χ0v) is 21.5. The fourth-order valence-corrected chi connectivity index (χ4v) is 7.05. The number of rotatable bonds is 3. The van der Waals surface area contributed by atoms with Gasteiger partial charge in [-0.3, -0.25) is 4.90 Å². The fraction of sp³-hybridized carbons (Fsp3) is 0.515. The van der Waals surface area contributed by atoms with E-state index in [-0.39, 0.29) is 0 Å². The largest absolute Gasteiger partial charge is 0.342 e. The topological polar surface area (TPSA) is 8.17 Å². The summed E-state index contributed by atoms with van der Waals surface area (Å²) in [4.78, 5) is 2.75. The number of benzene rings is 2. The number of fused-ring (bicyclic) bond motifs is 3. The first kappa shape index (κ1) is 23.1. The van der Waals surface area contributed by atoms with E-state index in [9.17, 15) is 0 Å². The lowest BCUT2D eigenvalue weighted by Gasteiger charge is -2.40. The van der Waals surface area contributed by atoms with Crippen LogP contribution in [0.4, 0.5) is 0 Å². The van der Waals surface area contributed by atoms with Crippen LogP contribution >= 0.6 is 0 Å². The second kappa shape index (κ2) is 10.7. The van der Waals surface area contributed by atoms with Crippen LogP contribution in [0.25, 0.3) is 16.5 Å². The van der Waals surface area contributed by atoms with Crippen LogP contribution in [-0.4, -0.2) is 16.0 Å². The Kier molecular flexibility index (Phi) is 7.09. The number of hydrogen-bond acceptors (Lipinski definition) is 1. The summed E-state index contributed by atoms with van der Waals surface area (Å²) in [6, 6.07) is 19.1. The van der Waals surface area contributed by atoms with Gasteiger partial charge in [-0.05, 0) is 79.3 Å². The summed E-state index contributed by atoms with van der Waals surface area (Å²) in [6.07, 6.45) is 20.2. The van der Waals surface area contributed by atoms with E-state index in [4.69, 9.17) is 0 Å². The van der Waals surface area contributed by atoms with Crippen molar-refractivity contribution >= 4 is 16.5 Å². The first-order valence-corrected chi connectivity index (χ1v) is 14.5. The van der Waals surface area contributed by atoms with Crippen molar-refractivity contribution < 1.29 is 0 Å². The molecule has 2 aromatic carbocycles. The molecule has 0 saturated carbocycles. The van der Waals surface area contributed by atoms with Crippen LogP contribution in [0.1, 0.15) is 105 Å². The minimum absolute atomic E-state index is 0.573. The van der Waals surface area contributed by atoms with Gasteiger partial charge < -0.3 is 4.57 Å². The molecule has 0 N–H and O–H groups in total. The number of aryl methyl sites for hydroxylation is 1. The Bertz CT molecular complexity index is 1170. The maximum atomic E-state index is 2.75. The molecule has 0 spiro atoms. The van der Waals surface area contributed by atoms with Crippen molar-refractivity contribution in [1.82, 2.24) is 9.47 Å². The summed E-state index contributed by atoms with van der Waals surface area (Å²) in [6.45, 7) is 3.35. The van der Waals surface area contributed by atoms with Crippen molar-refractivity contribution in [1.29, 1.82) is 0 Å². The Morgan fingerprint density at radius 3 is 2.40 bits per heavy atom. The molecule has 35 heavy (non-hydrogen) atoms. The molecule has 184 valence electrons. The van der Waals surface area contributed by atoms with E-state index < -0.39 is 0 Å². The van der Waals surface area contributed by atoms with Gasteiger partial charge in [-0.25, -0.2) is 0 Å². The minimum atomic E-state index is 0.573. The second-order valence-corrected chi connectivity index (χ2v) is 11.2.